The van der Waals surface area contributed by atoms with Crippen molar-refractivity contribution in [1.29, 1.82) is 0 Å². The lowest BCUT2D eigenvalue weighted by Crippen LogP contribution is -2.41. The van der Waals surface area contributed by atoms with Gasteiger partial charge in [-0.15, -0.1) is 0 Å². The zero-order valence-electron chi connectivity index (χ0n) is 21.1. The molecule has 1 aromatic heterocycles. The molecule has 2 aromatic carbocycles. The molecule has 3 rings (SSSR count). The summed E-state index contributed by atoms with van der Waals surface area (Å²) in [4.78, 5) is 27.7. The third kappa shape index (κ3) is 7.09. The Bertz CT molecular complexity index is 1170. The lowest BCUT2D eigenvalue weighted by molar-refractivity contribution is -0.116. The van der Waals surface area contributed by atoms with Crippen LogP contribution in [0.2, 0.25) is 5.02 Å². The van der Waals surface area contributed by atoms with Gasteiger partial charge >= 0.3 is 6.03 Å². The molecule has 0 aliphatic rings. The normalized spacial score (nSPS) is 11.3. The number of hydrogen-bond acceptors (Lipinski definition) is 3. The minimum absolute atomic E-state index is 0.0750. The van der Waals surface area contributed by atoms with E-state index in [0.29, 0.717) is 17.4 Å². The zero-order chi connectivity index (χ0) is 25.6. The van der Waals surface area contributed by atoms with E-state index in [9.17, 15) is 9.59 Å². The van der Waals surface area contributed by atoms with E-state index in [0.717, 1.165) is 35.5 Å². The van der Waals surface area contributed by atoms with Gasteiger partial charge in [-0.25, -0.2) is 9.48 Å². The number of para-hydroxylation sites is 1. The molecule has 1 heterocycles. The monoisotopic (exact) mass is 495 g/mol. The van der Waals surface area contributed by atoms with Crippen LogP contribution in [0.5, 0.6) is 0 Å². The molecule has 0 aliphatic carbocycles. The fraction of sp³-hybridized carbons (Fsp3) is 0.370. The van der Waals surface area contributed by atoms with Gasteiger partial charge in [-0.1, -0.05) is 63.9 Å². The Labute approximate surface area is 212 Å². The second-order valence-electron chi connectivity index (χ2n) is 9.62. The number of halogens is 1. The van der Waals surface area contributed by atoms with Crippen LogP contribution in [0, 0.1) is 6.92 Å². The van der Waals surface area contributed by atoms with Crippen LogP contribution in [-0.4, -0.2) is 39.7 Å². The highest BCUT2D eigenvalue weighted by Crippen LogP contribution is 2.27. The molecule has 0 radical (unpaired) electrons. The van der Waals surface area contributed by atoms with E-state index >= 15 is 0 Å². The molecule has 0 saturated heterocycles. The van der Waals surface area contributed by atoms with Crippen LogP contribution in [0.3, 0.4) is 0 Å². The van der Waals surface area contributed by atoms with Crippen LogP contribution in [-0.2, 0) is 10.2 Å². The summed E-state index contributed by atoms with van der Waals surface area (Å²) in [6.45, 7) is 10.6. The molecule has 3 amide bonds. The molecule has 3 aromatic rings. The van der Waals surface area contributed by atoms with E-state index in [-0.39, 0.29) is 23.9 Å². The van der Waals surface area contributed by atoms with Crippen molar-refractivity contribution in [2.24, 2.45) is 0 Å². The molecule has 0 unspecified atom stereocenters. The number of carbonyl (C=O) groups excluding carboxylic acids is 2. The van der Waals surface area contributed by atoms with Gasteiger partial charge in [0.2, 0.25) is 5.91 Å². The van der Waals surface area contributed by atoms with Gasteiger partial charge in [-0.2, -0.15) is 5.10 Å². The smallest absolute Gasteiger partial charge is 0.315 e. The molecule has 0 bridgehead atoms. The summed E-state index contributed by atoms with van der Waals surface area (Å²) in [6, 6.07) is 16.4. The zero-order valence-corrected chi connectivity index (χ0v) is 21.8. The lowest BCUT2D eigenvalue weighted by atomic mass is 9.92. The summed E-state index contributed by atoms with van der Waals surface area (Å²) in [7, 11) is 0. The summed E-state index contributed by atoms with van der Waals surface area (Å²) in [5.41, 5.74) is 3.10. The van der Waals surface area contributed by atoms with Gasteiger partial charge in [-0.05, 0) is 49.2 Å². The van der Waals surface area contributed by atoms with E-state index in [2.05, 4.69) is 38.3 Å². The van der Waals surface area contributed by atoms with Crippen LogP contribution < -0.4 is 10.6 Å². The number of aromatic nitrogens is 2. The predicted octanol–water partition coefficient (Wildman–Crippen LogP) is 6.40. The van der Waals surface area contributed by atoms with E-state index in [1.54, 1.807) is 21.7 Å². The van der Waals surface area contributed by atoms with Gasteiger partial charge in [0.05, 0.1) is 11.4 Å². The number of benzene rings is 2. The summed E-state index contributed by atoms with van der Waals surface area (Å²) in [5.74, 6) is 0.244. The number of nitrogens with one attached hydrogen (secondary N) is 2. The Balaban J connectivity index is 1.81. The SMILES string of the molecule is CCCCN(CC(=O)Nc1cc(C(C)(C)C)nn1-c1ccc(Cl)cc1)C(=O)Nc1ccccc1C. The summed E-state index contributed by atoms with van der Waals surface area (Å²) in [5, 5.41) is 11.2. The number of hydrogen-bond donors (Lipinski definition) is 2. The summed E-state index contributed by atoms with van der Waals surface area (Å²) < 4.78 is 1.69. The molecule has 8 heteroatoms. The number of amides is 3. The minimum Gasteiger partial charge on any atom is -0.315 e. The minimum atomic E-state index is -0.301. The van der Waals surface area contributed by atoms with Gasteiger partial charge in [0.1, 0.15) is 12.4 Å². The largest absolute Gasteiger partial charge is 0.322 e. The standard InChI is InChI=1S/C27H34ClN5O2/c1-6-7-16-32(26(35)29-22-11-9-8-10-19(22)2)18-25(34)30-24-17-23(27(3,4)5)31-33(24)21-14-12-20(28)13-15-21/h8-15,17H,6-7,16,18H2,1-5H3,(H,29,35)(H,30,34). The van der Waals surface area contributed by atoms with Crippen molar-refractivity contribution in [3.8, 4) is 5.69 Å². The first-order chi connectivity index (χ1) is 16.6. The topological polar surface area (TPSA) is 79.3 Å². The first kappa shape index (κ1) is 26.3. The molecular weight excluding hydrogens is 462 g/mol. The Morgan fingerprint density at radius 2 is 1.74 bits per heavy atom. The summed E-state index contributed by atoms with van der Waals surface area (Å²) >= 11 is 6.05. The molecule has 0 saturated carbocycles. The number of carbonyl (C=O) groups is 2. The van der Waals surface area contributed by atoms with E-state index in [1.165, 1.54) is 0 Å². The third-order valence-corrected chi connectivity index (χ3v) is 5.86. The first-order valence-corrected chi connectivity index (χ1v) is 12.2. The number of anilines is 2. The molecular formula is C27H34ClN5O2. The highest BCUT2D eigenvalue weighted by Gasteiger charge is 2.23. The van der Waals surface area contributed by atoms with Crippen molar-refractivity contribution in [1.82, 2.24) is 14.7 Å². The van der Waals surface area contributed by atoms with Crippen molar-refractivity contribution in [3.63, 3.8) is 0 Å². The van der Waals surface area contributed by atoms with Crippen LogP contribution in [0.4, 0.5) is 16.3 Å². The maximum absolute atomic E-state index is 13.1. The number of urea groups is 1. The molecule has 0 atom stereocenters. The highest BCUT2D eigenvalue weighted by molar-refractivity contribution is 6.30. The van der Waals surface area contributed by atoms with Crippen LogP contribution in [0.1, 0.15) is 51.8 Å². The molecule has 0 aliphatic heterocycles. The molecule has 2 N–H and O–H groups in total. The predicted molar refractivity (Wildman–Crippen MR) is 143 cm³/mol. The van der Waals surface area contributed by atoms with Crippen molar-refractivity contribution in [3.05, 3.63) is 70.9 Å². The van der Waals surface area contributed by atoms with Gasteiger partial charge in [0.15, 0.2) is 0 Å². The van der Waals surface area contributed by atoms with Crippen LogP contribution in [0.25, 0.3) is 5.69 Å². The fourth-order valence-electron chi connectivity index (χ4n) is 3.48. The Kier molecular flexibility index (Phi) is 8.57. The van der Waals surface area contributed by atoms with Gasteiger partial charge in [0.25, 0.3) is 0 Å². The molecule has 0 fully saturated rings. The molecule has 7 nitrogen and oxygen atoms in total. The van der Waals surface area contributed by atoms with E-state index < -0.39 is 0 Å². The third-order valence-electron chi connectivity index (χ3n) is 5.61. The number of unbranched alkanes of at least 4 members (excludes halogenated alkanes) is 1. The number of aryl methyl sites for hydroxylation is 1. The van der Waals surface area contributed by atoms with Crippen molar-refractivity contribution in [2.75, 3.05) is 23.7 Å². The van der Waals surface area contributed by atoms with Crippen molar-refractivity contribution in [2.45, 2.75) is 52.9 Å². The van der Waals surface area contributed by atoms with Gasteiger partial charge in [-0.3, -0.25) is 4.79 Å². The molecule has 0 spiro atoms. The number of nitrogens with zero attached hydrogens (tertiary/aromatic N) is 3. The van der Waals surface area contributed by atoms with Crippen molar-refractivity contribution < 1.29 is 9.59 Å². The lowest BCUT2D eigenvalue weighted by Gasteiger charge is -2.23. The Morgan fingerprint density at radius 1 is 1.06 bits per heavy atom. The van der Waals surface area contributed by atoms with E-state index in [4.69, 9.17) is 16.7 Å². The quantitative estimate of drug-likeness (QED) is 0.379. The molecule has 35 heavy (non-hydrogen) atoms. The molecule has 186 valence electrons. The maximum Gasteiger partial charge on any atom is 0.322 e. The second-order valence-corrected chi connectivity index (χ2v) is 10.1. The Morgan fingerprint density at radius 3 is 2.37 bits per heavy atom. The fourth-order valence-corrected chi connectivity index (χ4v) is 3.61. The highest BCUT2D eigenvalue weighted by atomic mass is 35.5. The average Bonchev–Trinajstić information content (AvgIpc) is 3.22. The maximum atomic E-state index is 13.1. The van der Waals surface area contributed by atoms with Crippen LogP contribution >= 0.6 is 11.6 Å². The second kappa shape index (κ2) is 11.4. The van der Waals surface area contributed by atoms with Crippen LogP contribution in [0.15, 0.2) is 54.6 Å². The number of rotatable bonds is 8. The van der Waals surface area contributed by atoms with Gasteiger partial charge in [0, 0.05) is 28.7 Å². The Hall–Kier alpha value is -3.32. The first-order valence-electron chi connectivity index (χ1n) is 11.9. The van der Waals surface area contributed by atoms with Crippen molar-refractivity contribution >= 4 is 35.0 Å². The van der Waals surface area contributed by atoms with E-state index in [1.807, 2.05) is 49.4 Å². The average molecular weight is 496 g/mol. The van der Waals surface area contributed by atoms with Gasteiger partial charge < -0.3 is 15.5 Å². The summed E-state index contributed by atoms with van der Waals surface area (Å²) in [6.07, 6.45) is 1.71.